The molecule has 0 fully saturated rings. The summed E-state index contributed by atoms with van der Waals surface area (Å²) >= 11 is 0. The Bertz CT molecular complexity index is 315. The number of rotatable bonds is 4. The number of hydrogen-bond acceptors (Lipinski definition) is 4. The Morgan fingerprint density at radius 1 is 1.35 bits per heavy atom. The summed E-state index contributed by atoms with van der Waals surface area (Å²) < 4.78 is 9.81. The zero-order valence-corrected chi connectivity index (χ0v) is 11.1. The number of nitrogens with two attached hydrogens (primary N) is 1. The van der Waals surface area contributed by atoms with E-state index in [1.165, 1.54) is 0 Å². The van der Waals surface area contributed by atoms with Crippen molar-refractivity contribution in [3.63, 3.8) is 0 Å². The van der Waals surface area contributed by atoms with Gasteiger partial charge in [-0.05, 0) is 27.7 Å². The van der Waals surface area contributed by atoms with Crippen LogP contribution in [-0.2, 0) is 14.3 Å². The highest BCUT2D eigenvalue weighted by Gasteiger charge is 2.17. The van der Waals surface area contributed by atoms with Crippen LogP contribution in [0.1, 0.15) is 34.6 Å². The zero-order chi connectivity index (χ0) is 13.6. The van der Waals surface area contributed by atoms with Crippen LogP contribution in [0.15, 0.2) is 11.6 Å². The first-order valence-corrected chi connectivity index (χ1v) is 5.46. The smallest absolute Gasteiger partial charge is 0.404 e. The SMILES string of the molecule is C/C(=C\[C@H](C)COC(N)=O)C(=O)OC(C)(C)C. The number of amides is 1. The summed E-state index contributed by atoms with van der Waals surface area (Å²) in [5.74, 6) is -0.460. The maximum atomic E-state index is 11.6. The summed E-state index contributed by atoms with van der Waals surface area (Å²) in [7, 11) is 0. The van der Waals surface area contributed by atoms with Gasteiger partial charge in [0.15, 0.2) is 0 Å². The second kappa shape index (κ2) is 6.27. The fourth-order valence-corrected chi connectivity index (χ4v) is 1.12. The predicted octanol–water partition coefficient (Wildman–Crippen LogP) is 2.01. The van der Waals surface area contributed by atoms with E-state index in [2.05, 4.69) is 4.74 Å². The number of hydrogen-bond donors (Lipinski definition) is 1. The van der Waals surface area contributed by atoms with Gasteiger partial charge in [0.05, 0.1) is 6.61 Å². The van der Waals surface area contributed by atoms with E-state index in [1.54, 1.807) is 33.8 Å². The highest BCUT2D eigenvalue weighted by Crippen LogP contribution is 2.12. The fourth-order valence-electron chi connectivity index (χ4n) is 1.12. The average Bonchev–Trinajstić information content (AvgIpc) is 2.11. The molecule has 1 atom stereocenters. The van der Waals surface area contributed by atoms with E-state index in [-0.39, 0.29) is 18.5 Å². The Morgan fingerprint density at radius 3 is 2.29 bits per heavy atom. The van der Waals surface area contributed by atoms with Crippen molar-refractivity contribution in [2.45, 2.75) is 40.2 Å². The normalized spacial score (nSPS) is 14.1. The van der Waals surface area contributed by atoms with Crippen LogP contribution in [0, 0.1) is 5.92 Å². The molecular formula is C12H21NO4. The van der Waals surface area contributed by atoms with Gasteiger partial charge in [0.1, 0.15) is 5.60 Å². The molecule has 0 aromatic carbocycles. The number of carbonyl (C=O) groups excluding carboxylic acids is 2. The molecule has 0 aliphatic carbocycles. The van der Waals surface area contributed by atoms with Crippen molar-refractivity contribution in [2.75, 3.05) is 6.61 Å². The molecule has 5 heteroatoms. The molecule has 0 aliphatic rings. The Hall–Kier alpha value is -1.52. The quantitative estimate of drug-likeness (QED) is 0.605. The molecule has 0 unspecified atom stereocenters. The van der Waals surface area contributed by atoms with Crippen LogP contribution in [0.25, 0.3) is 0 Å². The van der Waals surface area contributed by atoms with Crippen molar-refractivity contribution < 1.29 is 19.1 Å². The number of esters is 1. The second-order valence-corrected chi connectivity index (χ2v) is 4.96. The molecule has 0 saturated carbocycles. The van der Waals surface area contributed by atoms with Crippen LogP contribution < -0.4 is 5.73 Å². The molecule has 0 aromatic rings. The van der Waals surface area contributed by atoms with Gasteiger partial charge in [0.25, 0.3) is 0 Å². The highest BCUT2D eigenvalue weighted by molar-refractivity contribution is 5.88. The molecule has 1 amide bonds. The Morgan fingerprint density at radius 2 is 1.88 bits per heavy atom. The zero-order valence-electron chi connectivity index (χ0n) is 11.1. The third-order valence-corrected chi connectivity index (χ3v) is 1.74. The minimum Gasteiger partial charge on any atom is -0.457 e. The standard InChI is InChI=1S/C12H21NO4/c1-8(7-16-11(13)15)6-9(2)10(14)17-12(3,4)5/h6,8H,7H2,1-5H3,(H2,13,15)/b9-6+/t8-/m0/s1. The largest absolute Gasteiger partial charge is 0.457 e. The van der Waals surface area contributed by atoms with Crippen molar-refractivity contribution in [3.05, 3.63) is 11.6 Å². The molecule has 17 heavy (non-hydrogen) atoms. The first kappa shape index (κ1) is 15.5. The van der Waals surface area contributed by atoms with E-state index in [1.807, 2.05) is 6.92 Å². The van der Waals surface area contributed by atoms with Crippen molar-refractivity contribution in [1.29, 1.82) is 0 Å². The third kappa shape index (κ3) is 8.30. The van der Waals surface area contributed by atoms with Gasteiger partial charge in [-0.1, -0.05) is 13.0 Å². The lowest BCUT2D eigenvalue weighted by atomic mass is 10.1. The van der Waals surface area contributed by atoms with Crippen molar-refractivity contribution in [2.24, 2.45) is 11.7 Å². The van der Waals surface area contributed by atoms with Gasteiger partial charge in [-0.3, -0.25) is 0 Å². The first-order valence-electron chi connectivity index (χ1n) is 5.46. The highest BCUT2D eigenvalue weighted by atomic mass is 16.6. The molecular weight excluding hydrogens is 222 g/mol. The molecule has 0 radical (unpaired) electrons. The minimum absolute atomic E-state index is 0.0879. The van der Waals surface area contributed by atoms with E-state index < -0.39 is 11.7 Å². The van der Waals surface area contributed by atoms with E-state index in [9.17, 15) is 9.59 Å². The van der Waals surface area contributed by atoms with E-state index in [0.29, 0.717) is 5.57 Å². The van der Waals surface area contributed by atoms with Crippen LogP contribution in [-0.4, -0.2) is 24.3 Å². The van der Waals surface area contributed by atoms with Gasteiger partial charge >= 0.3 is 12.1 Å². The topological polar surface area (TPSA) is 78.6 Å². The fraction of sp³-hybridized carbons (Fsp3) is 0.667. The number of carbonyl (C=O) groups is 2. The maximum absolute atomic E-state index is 11.6. The molecule has 5 nitrogen and oxygen atoms in total. The monoisotopic (exact) mass is 243 g/mol. The van der Waals surface area contributed by atoms with Crippen LogP contribution >= 0.6 is 0 Å². The van der Waals surface area contributed by atoms with Crippen LogP contribution in [0.5, 0.6) is 0 Å². The van der Waals surface area contributed by atoms with Crippen LogP contribution in [0.4, 0.5) is 4.79 Å². The Kier molecular flexibility index (Phi) is 5.71. The van der Waals surface area contributed by atoms with Gasteiger partial charge in [0.2, 0.25) is 0 Å². The van der Waals surface area contributed by atoms with Crippen LogP contribution in [0.2, 0.25) is 0 Å². The molecule has 0 rings (SSSR count). The van der Waals surface area contributed by atoms with Crippen molar-refractivity contribution >= 4 is 12.1 Å². The molecule has 0 heterocycles. The summed E-state index contributed by atoms with van der Waals surface area (Å²) in [6.07, 6.45) is 0.872. The second-order valence-electron chi connectivity index (χ2n) is 4.96. The van der Waals surface area contributed by atoms with Gasteiger partial charge in [-0.15, -0.1) is 0 Å². The van der Waals surface area contributed by atoms with Gasteiger partial charge in [-0.25, -0.2) is 9.59 Å². The minimum atomic E-state index is -0.819. The summed E-state index contributed by atoms with van der Waals surface area (Å²) in [6, 6.07) is 0. The third-order valence-electron chi connectivity index (χ3n) is 1.74. The summed E-state index contributed by atoms with van der Waals surface area (Å²) in [5, 5.41) is 0. The summed E-state index contributed by atoms with van der Waals surface area (Å²) in [5.41, 5.74) is 4.81. The molecule has 2 N–H and O–H groups in total. The van der Waals surface area contributed by atoms with Gasteiger partial charge < -0.3 is 15.2 Å². The van der Waals surface area contributed by atoms with E-state index >= 15 is 0 Å². The lowest BCUT2D eigenvalue weighted by Crippen LogP contribution is -2.24. The summed E-state index contributed by atoms with van der Waals surface area (Å²) in [6.45, 7) is 9.04. The number of primary amides is 1. The molecule has 0 bridgehead atoms. The maximum Gasteiger partial charge on any atom is 0.404 e. The average molecular weight is 243 g/mol. The molecule has 0 spiro atoms. The molecule has 0 aromatic heterocycles. The molecule has 0 saturated heterocycles. The van der Waals surface area contributed by atoms with Crippen LogP contribution in [0.3, 0.4) is 0 Å². The van der Waals surface area contributed by atoms with Gasteiger partial charge in [-0.2, -0.15) is 0 Å². The Balaban J connectivity index is 4.32. The Labute approximate surface area is 102 Å². The molecule has 98 valence electrons. The van der Waals surface area contributed by atoms with E-state index in [4.69, 9.17) is 10.5 Å². The number of ether oxygens (including phenoxy) is 2. The summed E-state index contributed by atoms with van der Waals surface area (Å²) in [4.78, 5) is 22.0. The van der Waals surface area contributed by atoms with Crippen molar-refractivity contribution in [3.8, 4) is 0 Å². The lowest BCUT2D eigenvalue weighted by molar-refractivity contribution is -0.149. The predicted molar refractivity (Wildman–Crippen MR) is 64.3 cm³/mol. The van der Waals surface area contributed by atoms with Crippen molar-refractivity contribution in [1.82, 2.24) is 0 Å². The lowest BCUT2D eigenvalue weighted by Gasteiger charge is -2.20. The van der Waals surface area contributed by atoms with E-state index in [0.717, 1.165) is 0 Å². The molecule has 0 aliphatic heterocycles. The first-order chi connectivity index (χ1) is 7.61. The van der Waals surface area contributed by atoms with Gasteiger partial charge in [0, 0.05) is 11.5 Å².